The molecule has 1 atom stereocenters. The first-order valence-electron chi connectivity index (χ1n) is 5.90. The first-order chi connectivity index (χ1) is 7.34. The minimum Gasteiger partial charge on any atom is -0.396 e. The van der Waals surface area contributed by atoms with E-state index in [1.807, 2.05) is 0 Å². The molecule has 2 nitrogen and oxygen atoms in total. The Bertz CT molecular complexity index is 325. The zero-order valence-corrected chi connectivity index (χ0v) is 11.8. The van der Waals surface area contributed by atoms with E-state index in [0.29, 0.717) is 11.8 Å². The number of hydrogen-bond acceptors (Lipinski definition) is 3. The topological polar surface area (TPSA) is 33.1 Å². The molecule has 0 aliphatic rings. The van der Waals surface area contributed by atoms with Gasteiger partial charge >= 0.3 is 0 Å². The maximum absolute atomic E-state index is 9.30. The lowest BCUT2D eigenvalue weighted by Gasteiger charge is -2.17. The summed E-state index contributed by atoms with van der Waals surface area (Å²) in [7, 11) is 0. The van der Waals surface area contributed by atoms with Crippen molar-refractivity contribution in [3.63, 3.8) is 0 Å². The van der Waals surface area contributed by atoms with Crippen molar-refractivity contribution in [3.8, 4) is 0 Å². The van der Waals surface area contributed by atoms with Gasteiger partial charge in [-0.2, -0.15) is 0 Å². The molecule has 0 fully saturated rings. The third kappa shape index (κ3) is 3.56. The minimum absolute atomic E-state index is 0.126. The fraction of sp³-hybridized carbons (Fsp3) is 0.769. The summed E-state index contributed by atoms with van der Waals surface area (Å²) < 4.78 is 0. The Morgan fingerprint density at radius 2 is 2.00 bits per heavy atom. The standard InChI is InChI=1S/C13H23NOS/c1-9(2)10(7-15)6-12-14-11(8-16-12)13(3,4)5/h8-10,15H,6-7H2,1-5H3. The molecule has 0 amide bonds. The number of nitrogens with zero attached hydrogens (tertiary/aromatic N) is 1. The lowest BCUT2D eigenvalue weighted by Crippen LogP contribution is -2.17. The van der Waals surface area contributed by atoms with Crippen LogP contribution >= 0.6 is 11.3 Å². The highest BCUT2D eigenvalue weighted by Crippen LogP contribution is 2.26. The molecule has 0 bridgehead atoms. The van der Waals surface area contributed by atoms with Crippen LogP contribution < -0.4 is 0 Å². The van der Waals surface area contributed by atoms with E-state index >= 15 is 0 Å². The molecular formula is C13H23NOS. The summed E-state index contributed by atoms with van der Waals surface area (Å²) in [5.41, 5.74) is 1.29. The molecule has 1 aromatic rings. The second-order valence-corrected chi connectivity index (χ2v) is 6.71. The van der Waals surface area contributed by atoms with E-state index in [-0.39, 0.29) is 12.0 Å². The van der Waals surface area contributed by atoms with Crippen LogP contribution in [0.4, 0.5) is 0 Å². The van der Waals surface area contributed by atoms with Crippen LogP contribution in [0.1, 0.15) is 45.3 Å². The molecule has 0 radical (unpaired) electrons. The monoisotopic (exact) mass is 241 g/mol. The Morgan fingerprint density at radius 3 is 2.38 bits per heavy atom. The van der Waals surface area contributed by atoms with Crippen LogP contribution in [-0.4, -0.2) is 16.7 Å². The Kier molecular flexibility index (Phi) is 4.51. The van der Waals surface area contributed by atoms with Gasteiger partial charge in [-0.05, 0) is 11.8 Å². The first kappa shape index (κ1) is 13.7. The van der Waals surface area contributed by atoms with Crippen LogP contribution in [0.25, 0.3) is 0 Å². The van der Waals surface area contributed by atoms with Crippen LogP contribution in [0.3, 0.4) is 0 Å². The molecule has 1 unspecified atom stereocenters. The lowest BCUT2D eigenvalue weighted by molar-refractivity contribution is 0.189. The van der Waals surface area contributed by atoms with Gasteiger partial charge in [-0.15, -0.1) is 11.3 Å². The molecule has 0 saturated carbocycles. The quantitative estimate of drug-likeness (QED) is 0.878. The number of aromatic nitrogens is 1. The van der Waals surface area contributed by atoms with Crippen LogP contribution in [0, 0.1) is 11.8 Å². The van der Waals surface area contributed by atoms with Crippen molar-refractivity contribution in [2.45, 2.75) is 46.5 Å². The second-order valence-electron chi connectivity index (χ2n) is 5.77. The zero-order chi connectivity index (χ0) is 12.3. The summed E-state index contributed by atoms with van der Waals surface area (Å²) in [6.45, 7) is 11.1. The molecule has 1 aromatic heterocycles. The van der Waals surface area contributed by atoms with E-state index in [1.54, 1.807) is 11.3 Å². The molecule has 1 rings (SSSR count). The van der Waals surface area contributed by atoms with E-state index in [4.69, 9.17) is 0 Å². The predicted molar refractivity (Wildman–Crippen MR) is 69.9 cm³/mol. The molecule has 92 valence electrons. The molecule has 0 aromatic carbocycles. The largest absolute Gasteiger partial charge is 0.396 e. The first-order valence-corrected chi connectivity index (χ1v) is 6.78. The van der Waals surface area contributed by atoms with Crippen molar-refractivity contribution in [3.05, 3.63) is 16.1 Å². The third-order valence-corrected chi connectivity index (χ3v) is 3.81. The van der Waals surface area contributed by atoms with Gasteiger partial charge in [0.1, 0.15) is 0 Å². The highest BCUT2D eigenvalue weighted by Gasteiger charge is 2.19. The van der Waals surface area contributed by atoms with Gasteiger partial charge in [-0.3, -0.25) is 0 Å². The maximum atomic E-state index is 9.30. The highest BCUT2D eigenvalue weighted by molar-refractivity contribution is 7.09. The molecule has 0 spiro atoms. The van der Waals surface area contributed by atoms with Crippen LogP contribution in [0.15, 0.2) is 5.38 Å². The third-order valence-electron chi connectivity index (χ3n) is 2.93. The van der Waals surface area contributed by atoms with Crippen LogP contribution in [0.2, 0.25) is 0 Å². The van der Waals surface area contributed by atoms with Crippen molar-refractivity contribution in [1.82, 2.24) is 4.98 Å². The number of hydrogen-bond donors (Lipinski definition) is 1. The minimum atomic E-state index is 0.126. The van der Waals surface area contributed by atoms with Crippen LogP contribution in [0.5, 0.6) is 0 Å². The molecule has 1 heterocycles. The molecule has 0 aliphatic heterocycles. The van der Waals surface area contributed by atoms with Gasteiger partial charge in [-0.1, -0.05) is 34.6 Å². The molecule has 0 saturated heterocycles. The summed E-state index contributed by atoms with van der Waals surface area (Å²) in [6, 6.07) is 0. The average Bonchev–Trinajstić information content (AvgIpc) is 2.61. The molecule has 1 N–H and O–H groups in total. The van der Waals surface area contributed by atoms with E-state index in [2.05, 4.69) is 45.0 Å². The predicted octanol–water partition coefficient (Wildman–Crippen LogP) is 3.25. The van der Waals surface area contributed by atoms with Gasteiger partial charge < -0.3 is 5.11 Å². The lowest BCUT2D eigenvalue weighted by atomic mass is 9.92. The SMILES string of the molecule is CC(C)C(CO)Cc1nc(C(C)(C)C)cs1. The van der Waals surface area contributed by atoms with Crippen molar-refractivity contribution in [2.24, 2.45) is 11.8 Å². The fourth-order valence-corrected chi connectivity index (χ4v) is 2.60. The van der Waals surface area contributed by atoms with Crippen molar-refractivity contribution < 1.29 is 5.11 Å². The van der Waals surface area contributed by atoms with E-state index in [9.17, 15) is 5.11 Å². The van der Waals surface area contributed by atoms with Gasteiger partial charge in [-0.25, -0.2) is 4.98 Å². The number of aliphatic hydroxyl groups excluding tert-OH is 1. The van der Waals surface area contributed by atoms with E-state index in [1.165, 1.54) is 0 Å². The summed E-state index contributed by atoms with van der Waals surface area (Å²) >= 11 is 1.72. The van der Waals surface area contributed by atoms with Crippen molar-refractivity contribution >= 4 is 11.3 Å². The molecular weight excluding hydrogens is 218 g/mol. The molecule has 0 aliphatic carbocycles. The van der Waals surface area contributed by atoms with E-state index < -0.39 is 0 Å². The Morgan fingerprint density at radius 1 is 1.38 bits per heavy atom. The van der Waals surface area contributed by atoms with Crippen molar-refractivity contribution in [2.75, 3.05) is 6.61 Å². The number of aliphatic hydroxyl groups is 1. The van der Waals surface area contributed by atoms with Crippen molar-refractivity contribution in [1.29, 1.82) is 0 Å². The normalized spacial score (nSPS) is 14.4. The Hall–Kier alpha value is -0.410. The smallest absolute Gasteiger partial charge is 0.0932 e. The Labute approximate surface area is 103 Å². The molecule has 16 heavy (non-hydrogen) atoms. The number of thiazole rings is 1. The van der Waals surface area contributed by atoms with Gasteiger partial charge in [0.15, 0.2) is 0 Å². The van der Waals surface area contributed by atoms with Crippen LogP contribution in [-0.2, 0) is 11.8 Å². The highest BCUT2D eigenvalue weighted by atomic mass is 32.1. The van der Waals surface area contributed by atoms with Gasteiger partial charge in [0.05, 0.1) is 10.7 Å². The average molecular weight is 241 g/mol. The summed E-state index contributed by atoms with van der Waals surface area (Å²) in [4.78, 5) is 4.66. The Balaban J connectivity index is 2.72. The zero-order valence-electron chi connectivity index (χ0n) is 10.9. The van der Waals surface area contributed by atoms with Gasteiger partial charge in [0, 0.05) is 23.8 Å². The number of rotatable bonds is 4. The fourth-order valence-electron chi connectivity index (χ4n) is 1.48. The summed E-state index contributed by atoms with van der Waals surface area (Å²) in [5.74, 6) is 0.839. The van der Waals surface area contributed by atoms with E-state index in [0.717, 1.165) is 17.1 Å². The van der Waals surface area contributed by atoms with Gasteiger partial charge in [0.2, 0.25) is 0 Å². The summed E-state index contributed by atoms with van der Waals surface area (Å²) in [5, 5.41) is 12.6. The second kappa shape index (κ2) is 5.28. The van der Waals surface area contributed by atoms with Gasteiger partial charge in [0.25, 0.3) is 0 Å². The summed E-state index contributed by atoms with van der Waals surface area (Å²) in [6.07, 6.45) is 0.898. The maximum Gasteiger partial charge on any atom is 0.0932 e. The molecule has 3 heteroatoms.